The van der Waals surface area contributed by atoms with Gasteiger partial charge in [0.15, 0.2) is 0 Å². The summed E-state index contributed by atoms with van der Waals surface area (Å²) in [7, 11) is 2.02. The minimum absolute atomic E-state index is 0.990. The molecule has 2 heterocycles. The molecule has 3 heteroatoms. The van der Waals surface area contributed by atoms with Gasteiger partial charge in [-0.3, -0.25) is 4.90 Å². The summed E-state index contributed by atoms with van der Waals surface area (Å²) < 4.78 is 0. The maximum absolute atomic E-state index is 3.24. The highest BCUT2D eigenvalue weighted by atomic mass is 32.1. The summed E-state index contributed by atoms with van der Waals surface area (Å²) >= 11 is 1.95. The van der Waals surface area contributed by atoms with Gasteiger partial charge >= 0.3 is 0 Å². The fourth-order valence-electron chi connectivity index (χ4n) is 3.09. The zero-order valence-electron chi connectivity index (χ0n) is 12.7. The quantitative estimate of drug-likeness (QED) is 0.853. The van der Waals surface area contributed by atoms with Gasteiger partial charge in [-0.25, -0.2) is 0 Å². The molecule has 0 amide bonds. The van der Waals surface area contributed by atoms with Gasteiger partial charge in [-0.2, -0.15) is 0 Å². The maximum atomic E-state index is 3.24. The molecule has 2 rings (SSSR count). The number of rotatable bonds is 6. The molecule has 1 aliphatic heterocycles. The number of thiophene rings is 1. The second kappa shape index (κ2) is 7.41. The van der Waals surface area contributed by atoms with E-state index >= 15 is 0 Å². The molecule has 0 saturated carbocycles. The Labute approximate surface area is 122 Å². The molecular formula is C16H28N2S. The predicted molar refractivity (Wildman–Crippen MR) is 84.7 cm³/mol. The zero-order valence-corrected chi connectivity index (χ0v) is 13.5. The Morgan fingerprint density at radius 1 is 1.37 bits per heavy atom. The summed E-state index contributed by atoms with van der Waals surface area (Å²) in [5.41, 5.74) is 1.55. The Kier molecular flexibility index (Phi) is 5.86. The third-order valence-corrected chi connectivity index (χ3v) is 5.31. The number of hydrogen-bond acceptors (Lipinski definition) is 3. The van der Waals surface area contributed by atoms with Crippen molar-refractivity contribution < 1.29 is 0 Å². The van der Waals surface area contributed by atoms with Crippen molar-refractivity contribution >= 4 is 11.3 Å². The van der Waals surface area contributed by atoms with Crippen LogP contribution >= 0.6 is 11.3 Å². The van der Waals surface area contributed by atoms with Crippen molar-refractivity contribution in [2.75, 3.05) is 20.1 Å². The zero-order chi connectivity index (χ0) is 13.7. The molecule has 1 saturated heterocycles. The van der Waals surface area contributed by atoms with Crippen molar-refractivity contribution in [2.45, 2.75) is 52.6 Å². The average molecular weight is 280 g/mol. The number of nitrogens with zero attached hydrogens (tertiary/aromatic N) is 1. The molecule has 0 aromatic carbocycles. The van der Waals surface area contributed by atoms with Gasteiger partial charge < -0.3 is 5.32 Å². The first kappa shape index (κ1) is 15.0. The summed E-state index contributed by atoms with van der Waals surface area (Å²) in [6.45, 7) is 9.32. The van der Waals surface area contributed by atoms with Crippen LogP contribution < -0.4 is 5.32 Å². The molecule has 19 heavy (non-hydrogen) atoms. The molecule has 0 aliphatic carbocycles. The maximum Gasteiger partial charge on any atom is 0.0296 e. The standard InChI is InChI=1S/C16H28N2S/c1-4-5-14-6-8-18(9-7-14)12-15-10-16(11-17-3)19-13(15)2/h10,14,17H,4-9,11-12H2,1-3H3. The number of nitrogens with one attached hydrogen (secondary N) is 1. The van der Waals surface area contributed by atoms with Crippen molar-refractivity contribution in [3.8, 4) is 0 Å². The lowest BCUT2D eigenvalue weighted by Gasteiger charge is -2.31. The smallest absolute Gasteiger partial charge is 0.0296 e. The Morgan fingerprint density at radius 3 is 2.74 bits per heavy atom. The van der Waals surface area contributed by atoms with Gasteiger partial charge in [0.1, 0.15) is 0 Å². The van der Waals surface area contributed by atoms with Crippen LogP contribution in [-0.2, 0) is 13.1 Å². The summed E-state index contributed by atoms with van der Waals surface area (Å²) in [6.07, 6.45) is 5.58. The van der Waals surface area contributed by atoms with Crippen molar-refractivity contribution in [3.63, 3.8) is 0 Å². The van der Waals surface area contributed by atoms with Crippen molar-refractivity contribution in [1.82, 2.24) is 10.2 Å². The Balaban J connectivity index is 1.85. The van der Waals surface area contributed by atoms with Gasteiger partial charge in [-0.05, 0) is 57.5 Å². The summed E-state index contributed by atoms with van der Waals surface area (Å²) in [4.78, 5) is 5.61. The molecule has 1 aromatic rings. The van der Waals surface area contributed by atoms with E-state index in [4.69, 9.17) is 0 Å². The van der Waals surface area contributed by atoms with Gasteiger partial charge in [0.25, 0.3) is 0 Å². The average Bonchev–Trinajstić information content (AvgIpc) is 2.73. The minimum atomic E-state index is 0.990. The molecule has 2 nitrogen and oxygen atoms in total. The Hall–Kier alpha value is -0.380. The summed E-state index contributed by atoms with van der Waals surface area (Å²) in [6, 6.07) is 2.40. The van der Waals surface area contributed by atoms with Crippen LogP contribution in [0, 0.1) is 12.8 Å². The van der Waals surface area contributed by atoms with E-state index in [1.807, 2.05) is 18.4 Å². The lowest BCUT2D eigenvalue weighted by atomic mass is 9.92. The lowest BCUT2D eigenvalue weighted by molar-refractivity contribution is 0.172. The van der Waals surface area contributed by atoms with E-state index < -0.39 is 0 Å². The largest absolute Gasteiger partial charge is 0.315 e. The van der Waals surface area contributed by atoms with Gasteiger partial charge in [0, 0.05) is 22.8 Å². The van der Waals surface area contributed by atoms with E-state index in [0.29, 0.717) is 0 Å². The first-order valence-corrected chi connectivity index (χ1v) is 8.49. The lowest BCUT2D eigenvalue weighted by Crippen LogP contribution is -2.33. The molecule has 0 spiro atoms. The molecule has 0 atom stereocenters. The van der Waals surface area contributed by atoms with Crippen LogP contribution in [-0.4, -0.2) is 25.0 Å². The number of aryl methyl sites for hydroxylation is 1. The van der Waals surface area contributed by atoms with E-state index in [1.165, 1.54) is 48.5 Å². The Bertz CT molecular complexity index is 378. The first-order chi connectivity index (χ1) is 9.22. The third-order valence-electron chi connectivity index (χ3n) is 4.22. The fraction of sp³-hybridized carbons (Fsp3) is 0.750. The molecule has 0 radical (unpaired) electrons. The molecule has 1 aromatic heterocycles. The van der Waals surface area contributed by atoms with Gasteiger partial charge in [-0.1, -0.05) is 19.8 Å². The van der Waals surface area contributed by atoms with E-state index in [1.54, 1.807) is 5.56 Å². The normalized spacial score (nSPS) is 18.1. The third kappa shape index (κ3) is 4.30. The van der Waals surface area contributed by atoms with E-state index in [2.05, 4.69) is 30.1 Å². The predicted octanol–water partition coefficient (Wildman–Crippen LogP) is 3.79. The number of likely N-dealkylation sites (tertiary alicyclic amines) is 1. The second-order valence-corrected chi connectivity index (χ2v) is 7.17. The molecule has 1 fully saturated rings. The van der Waals surface area contributed by atoms with E-state index in [0.717, 1.165) is 19.0 Å². The fourth-order valence-corrected chi connectivity index (χ4v) is 4.15. The van der Waals surface area contributed by atoms with Gasteiger partial charge in [0.2, 0.25) is 0 Å². The molecule has 0 unspecified atom stereocenters. The summed E-state index contributed by atoms with van der Waals surface area (Å²) in [5, 5.41) is 3.24. The van der Waals surface area contributed by atoms with E-state index in [9.17, 15) is 0 Å². The Morgan fingerprint density at radius 2 is 2.11 bits per heavy atom. The van der Waals surface area contributed by atoms with Gasteiger partial charge in [0.05, 0.1) is 0 Å². The second-order valence-electron chi connectivity index (χ2n) is 5.83. The topological polar surface area (TPSA) is 15.3 Å². The van der Waals surface area contributed by atoms with Crippen molar-refractivity contribution in [2.24, 2.45) is 5.92 Å². The van der Waals surface area contributed by atoms with Crippen LogP contribution in [0.3, 0.4) is 0 Å². The molecular weight excluding hydrogens is 252 g/mol. The SMILES string of the molecule is CCCC1CCN(Cc2cc(CNC)sc2C)CC1. The van der Waals surface area contributed by atoms with Crippen LogP contribution in [0.1, 0.15) is 47.9 Å². The van der Waals surface area contributed by atoms with Crippen molar-refractivity contribution in [1.29, 1.82) is 0 Å². The summed E-state index contributed by atoms with van der Waals surface area (Å²) in [5.74, 6) is 0.990. The molecule has 1 N–H and O–H groups in total. The minimum Gasteiger partial charge on any atom is -0.315 e. The van der Waals surface area contributed by atoms with Crippen molar-refractivity contribution in [3.05, 3.63) is 21.4 Å². The highest BCUT2D eigenvalue weighted by Crippen LogP contribution is 2.26. The van der Waals surface area contributed by atoms with E-state index in [-0.39, 0.29) is 0 Å². The first-order valence-electron chi connectivity index (χ1n) is 7.68. The molecule has 1 aliphatic rings. The number of piperidine rings is 1. The molecule has 108 valence electrons. The highest BCUT2D eigenvalue weighted by molar-refractivity contribution is 7.12. The highest BCUT2D eigenvalue weighted by Gasteiger charge is 2.19. The molecule has 0 bridgehead atoms. The van der Waals surface area contributed by atoms with Crippen LogP contribution in [0.2, 0.25) is 0 Å². The van der Waals surface area contributed by atoms with Crippen LogP contribution in [0.5, 0.6) is 0 Å². The van der Waals surface area contributed by atoms with Gasteiger partial charge in [-0.15, -0.1) is 11.3 Å². The van der Waals surface area contributed by atoms with Crippen LogP contribution in [0.4, 0.5) is 0 Å². The number of hydrogen-bond donors (Lipinski definition) is 1. The van der Waals surface area contributed by atoms with Crippen LogP contribution in [0.25, 0.3) is 0 Å². The monoisotopic (exact) mass is 280 g/mol. The van der Waals surface area contributed by atoms with Crippen LogP contribution in [0.15, 0.2) is 6.07 Å².